The summed E-state index contributed by atoms with van der Waals surface area (Å²) in [7, 11) is 1.17. The van der Waals surface area contributed by atoms with Crippen molar-refractivity contribution in [3.8, 4) is 0 Å². The number of hydrogen-bond donors (Lipinski definition) is 0. The fraction of sp³-hybridized carbons (Fsp3) is 0.829. The lowest BCUT2D eigenvalue weighted by molar-refractivity contribution is -0.870. The average molecular weight is 1140 g/mol. The Labute approximate surface area is 496 Å². The van der Waals surface area contributed by atoms with Crippen LogP contribution in [0.15, 0.2) is 60.8 Å². The number of nitrogens with zero attached hydrogens (tertiary/aromatic N) is 1. The Kier molecular flexibility index (Phi) is 59.5. The number of phosphoric acid groups is 1. The first-order valence-corrected chi connectivity index (χ1v) is 35.5. The van der Waals surface area contributed by atoms with Gasteiger partial charge in [-0.25, -0.2) is 0 Å². The van der Waals surface area contributed by atoms with Crippen molar-refractivity contribution < 1.29 is 42.1 Å². The standard InChI is InChI=1S/C70H130NO8P/c1-6-8-10-12-14-16-18-20-22-24-26-27-28-29-30-31-32-33-34-35-36-37-38-39-40-41-42-43-45-47-49-51-53-55-57-59-61-63-70(73)79-68(67-78-80(74,75)77-65-64-71(3,4)5)66-76-69(72)62-60-58-56-54-52-50-48-46-44-25-23-21-19-17-15-13-11-9-7-2/h15,17-18,20-21,23-24,26,28-29,68H,6-14,16,19,22,25,27,30-67H2,1-5H3/b17-15-,20-18-,23-21-,26-24-,29-28-. The van der Waals surface area contributed by atoms with E-state index in [1.54, 1.807) is 0 Å². The zero-order chi connectivity index (χ0) is 58.4. The van der Waals surface area contributed by atoms with E-state index in [1.807, 2.05) is 21.1 Å². The maximum absolute atomic E-state index is 12.8. The van der Waals surface area contributed by atoms with Crippen LogP contribution in [0, 0.1) is 0 Å². The summed E-state index contributed by atoms with van der Waals surface area (Å²) in [5.74, 6) is -0.825. The van der Waals surface area contributed by atoms with Gasteiger partial charge in [-0.15, -0.1) is 0 Å². The van der Waals surface area contributed by atoms with Crippen molar-refractivity contribution in [3.63, 3.8) is 0 Å². The van der Waals surface area contributed by atoms with Crippen molar-refractivity contribution in [2.75, 3.05) is 47.5 Å². The van der Waals surface area contributed by atoms with Gasteiger partial charge in [0.1, 0.15) is 19.8 Å². The number of quaternary nitrogens is 1. The zero-order valence-electron chi connectivity index (χ0n) is 53.3. The summed E-state index contributed by atoms with van der Waals surface area (Å²) >= 11 is 0. The summed E-state index contributed by atoms with van der Waals surface area (Å²) in [6.45, 7) is 4.24. The lowest BCUT2D eigenvalue weighted by Gasteiger charge is -2.28. The lowest BCUT2D eigenvalue weighted by Crippen LogP contribution is -2.37. The summed E-state index contributed by atoms with van der Waals surface area (Å²) in [4.78, 5) is 38.0. The van der Waals surface area contributed by atoms with Crippen molar-refractivity contribution >= 4 is 19.8 Å². The molecule has 80 heavy (non-hydrogen) atoms. The molecule has 0 aliphatic carbocycles. The van der Waals surface area contributed by atoms with Crippen LogP contribution in [-0.4, -0.2) is 70.0 Å². The van der Waals surface area contributed by atoms with E-state index in [9.17, 15) is 19.0 Å². The summed E-state index contributed by atoms with van der Waals surface area (Å²) in [5.41, 5.74) is 0. The van der Waals surface area contributed by atoms with Crippen molar-refractivity contribution in [2.24, 2.45) is 0 Å². The number of hydrogen-bond acceptors (Lipinski definition) is 8. The molecule has 0 fully saturated rings. The quantitative estimate of drug-likeness (QED) is 0.0195. The molecule has 10 heteroatoms. The van der Waals surface area contributed by atoms with Crippen LogP contribution in [0.2, 0.25) is 0 Å². The van der Waals surface area contributed by atoms with Crippen LogP contribution < -0.4 is 4.89 Å². The molecule has 0 heterocycles. The molecule has 0 bridgehead atoms. The van der Waals surface area contributed by atoms with Gasteiger partial charge in [-0.2, -0.15) is 0 Å². The van der Waals surface area contributed by atoms with Gasteiger partial charge in [0.25, 0.3) is 7.82 Å². The zero-order valence-corrected chi connectivity index (χ0v) is 54.2. The van der Waals surface area contributed by atoms with Crippen LogP contribution in [0.4, 0.5) is 0 Å². The number of esters is 2. The third kappa shape index (κ3) is 64.9. The Bertz CT molecular complexity index is 1530. The Morgan fingerprint density at radius 1 is 0.388 bits per heavy atom. The minimum atomic E-state index is -4.64. The molecule has 9 nitrogen and oxygen atoms in total. The van der Waals surface area contributed by atoms with Crippen LogP contribution >= 0.6 is 7.82 Å². The normalized spacial score (nSPS) is 13.5. The number of carbonyl (C=O) groups is 2. The highest BCUT2D eigenvalue weighted by atomic mass is 31.2. The molecule has 0 aromatic heterocycles. The monoisotopic (exact) mass is 1140 g/mol. The molecule has 0 aromatic rings. The molecule has 0 N–H and O–H groups in total. The van der Waals surface area contributed by atoms with E-state index in [-0.39, 0.29) is 32.0 Å². The highest BCUT2D eigenvalue weighted by Crippen LogP contribution is 2.38. The summed E-state index contributed by atoms with van der Waals surface area (Å²) in [5, 5.41) is 0. The first-order valence-electron chi connectivity index (χ1n) is 34.0. The Hall–Kier alpha value is -2.29. The van der Waals surface area contributed by atoms with Gasteiger partial charge in [-0.05, 0) is 83.5 Å². The molecule has 0 rings (SSSR count). The topological polar surface area (TPSA) is 111 Å². The number of ether oxygens (including phenoxy) is 2. The molecule has 0 aromatic carbocycles. The smallest absolute Gasteiger partial charge is 0.306 e. The lowest BCUT2D eigenvalue weighted by atomic mass is 10.0. The molecule has 2 unspecified atom stereocenters. The second-order valence-corrected chi connectivity index (χ2v) is 25.6. The Morgan fingerprint density at radius 3 is 1.02 bits per heavy atom. The minimum absolute atomic E-state index is 0.0310. The van der Waals surface area contributed by atoms with E-state index in [2.05, 4.69) is 74.6 Å². The number of rotatable bonds is 63. The summed E-state index contributed by atoms with van der Waals surface area (Å²) < 4.78 is 34.3. The molecule has 0 saturated heterocycles. The number of allylic oxidation sites excluding steroid dienone is 10. The fourth-order valence-corrected chi connectivity index (χ4v) is 10.5. The molecule has 0 radical (unpaired) electrons. The third-order valence-electron chi connectivity index (χ3n) is 15.0. The van der Waals surface area contributed by atoms with E-state index >= 15 is 0 Å². The highest BCUT2D eigenvalue weighted by Gasteiger charge is 2.22. The predicted molar refractivity (Wildman–Crippen MR) is 342 cm³/mol. The van der Waals surface area contributed by atoms with Gasteiger partial charge < -0.3 is 27.9 Å². The van der Waals surface area contributed by atoms with Crippen LogP contribution in [0.3, 0.4) is 0 Å². The van der Waals surface area contributed by atoms with Gasteiger partial charge in [-0.1, -0.05) is 286 Å². The molecule has 0 spiro atoms. The molecule has 2 atom stereocenters. The van der Waals surface area contributed by atoms with Gasteiger partial charge in [0.2, 0.25) is 0 Å². The molecule has 0 aliphatic rings. The number of phosphoric ester groups is 1. The van der Waals surface area contributed by atoms with Gasteiger partial charge in [0.05, 0.1) is 27.7 Å². The largest absolute Gasteiger partial charge is 0.756 e. The van der Waals surface area contributed by atoms with E-state index in [0.29, 0.717) is 17.4 Å². The van der Waals surface area contributed by atoms with Crippen LogP contribution in [0.5, 0.6) is 0 Å². The van der Waals surface area contributed by atoms with E-state index < -0.39 is 26.5 Å². The van der Waals surface area contributed by atoms with Gasteiger partial charge >= 0.3 is 11.9 Å². The summed E-state index contributed by atoms with van der Waals surface area (Å²) in [6.07, 6.45) is 80.2. The SMILES string of the molecule is CCCCC/C=C\C/C=C\CCCCCCCCCCCC(=O)OCC(COP(=O)([O-])OCC[N+](C)(C)C)OC(=O)CCCCCCCCCCCCCCCCCCCCCCCC/C=C\C/C=C\C/C=C\CCCCCCC. The van der Waals surface area contributed by atoms with Gasteiger partial charge in [0.15, 0.2) is 6.10 Å². The van der Waals surface area contributed by atoms with E-state index in [0.717, 1.165) is 51.4 Å². The molecule has 468 valence electrons. The molecule has 0 amide bonds. The first-order chi connectivity index (χ1) is 39.0. The van der Waals surface area contributed by atoms with E-state index in [1.165, 1.54) is 238 Å². The predicted octanol–water partition coefficient (Wildman–Crippen LogP) is 21.2. The van der Waals surface area contributed by atoms with Crippen molar-refractivity contribution in [3.05, 3.63) is 60.8 Å². The fourth-order valence-electron chi connectivity index (χ4n) is 9.76. The second kappa shape index (κ2) is 61.3. The number of unbranched alkanes of at least 4 members (excludes halogenated alkanes) is 39. The van der Waals surface area contributed by atoms with Gasteiger partial charge in [-0.3, -0.25) is 14.2 Å². The van der Waals surface area contributed by atoms with Crippen LogP contribution in [0.1, 0.15) is 322 Å². The van der Waals surface area contributed by atoms with Crippen LogP contribution in [-0.2, 0) is 32.7 Å². The van der Waals surface area contributed by atoms with E-state index in [4.69, 9.17) is 18.5 Å². The number of carbonyl (C=O) groups excluding carboxylic acids is 2. The molecular formula is C70H130NO8P. The number of likely N-dealkylation sites (N-methyl/N-ethyl adjacent to an activating group) is 1. The van der Waals surface area contributed by atoms with Gasteiger partial charge in [0, 0.05) is 12.8 Å². The maximum Gasteiger partial charge on any atom is 0.306 e. The van der Waals surface area contributed by atoms with Crippen molar-refractivity contribution in [1.82, 2.24) is 0 Å². The Balaban J connectivity index is 3.96. The molecular weight excluding hydrogens is 1010 g/mol. The third-order valence-corrected chi connectivity index (χ3v) is 16.0. The highest BCUT2D eigenvalue weighted by molar-refractivity contribution is 7.45. The molecule has 0 saturated carbocycles. The molecule has 0 aliphatic heterocycles. The van der Waals surface area contributed by atoms with Crippen molar-refractivity contribution in [2.45, 2.75) is 328 Å². The van der Waals surface area contributed by atoms with Crippen LogP contribution in [0.25, 0.3) is 0 Å². The Morgan fingerprint density at radius 2 is 0.675 bits per heavy atom. The first kappa shape index (κ1) is 77.7. The minimum Gasteiger partial charge on any atom is -0.756 e. The average Bonchev–Trinajstić information content (AvgIpc) is 3.42. The maximum atomic E-state index is 12.8. The summed E-state index contributed by atoms with van der Waals surface area (Å²) in [6, 6.07) is 0. The second-order valence-electron chi connectivity index (χ2n) is 24.2. The van der Waals surface area contributed by atoms with Crippen molar-refractivity contribution in [1.29, 1.82) is 0 Å².